The summed E-state index contributed by atoms with van der Waals surface area (Å²) in [6.45, 7) is 4.30. The van der Waals surface area contributed by atoms with Crippen molar-refractivity contribution in [2.75, 3.05) is 20.8 Å². The summed E-state index contributed by atoms with van der Waals surface area (Å²) in [5.74, 6) is 0.961. The fraction of sp³-hybridized carbons (Fsp3) is 0.364. The highest BCUT2D eigenvalue weighted by Gasteiger charge is 2.24. The lowest BCUT2D eigenvalue weighted by Crippen LogP contribution is -2.50. The summed E-state index contributed by atoms with van der Waals surface area (Å²) in [6, 6.07) is 13.9. The smallest absolute Gasteiger partial charge is 0.251 e. The second-order valence-electron chi connectivity index (χ2n) is 6.81. The third-order valence-electron chi connectivity index (χ3n) is 4.46. The molecule has 0 saturated carbocycles. The van der Waals surface area contributed by atoms with Crippen LogP contribution in [0.15, 0.2) is 48.5 Å². The fourth-order valence-corrected chi connectivity index (χ4v) is 2.73. The molecule has 0 saturated heterocycles. The molecule has 6 heteroatoms. The average Bonchev–Trinajstić information content (AvgIpc) is 2.72. The number of nitrogens with one attached hydrogen (secondary N) is 2. The number of carbonyl (C=O) groups is 2. The summed E-state index contributed by atoms with van der Waals surface area (Å²) in [5, 5.41) is 5.74. The van der Waals surface area contributed by atoms with Gasteiger partial charge in [0.25, 0.3) is 5.91 Å². The molecule has 0 heterocycles. The van der Waals surface area contributed by atoms with Gasteiger partial charge in [-0.15, -0.1) is 0 Å². The quantitative estimate of drug-likeness (QED) is 0.697. The largest absolute Gasteiger partial charge is 0.497 e. The molecule has 0 aliphatic rings. The third kappa shape index (κ3) is 6.01. The van der Waals surface area contributed by atoms with E-state index >= 15 is 0 Å². The minimum absolute atomic E-state index is 0.0387. The average molecular weight is 384 g/mol. The molecule has 0 radical (unpaired) electrons. The maximum absolute atomic E-state index is 12.6. The van der Waals surface area contributed by atoms with E-state index in [1.54, 1.807) is 38.5 Å². The van der Waals surface area contributed by atoms with Crippen LogP contribution in [0, 0.1) is 5.92 Å². The maximum Gasteiger partial charge on any atom is 0.251 e. The summed E-state index contributed by atoms with van der Waals surface area (Å²) in [4.78, 5) is 25.1. The van der Waals surface area contributed by atoms with Crippen LogP contribution in [0.1, 0.15) is 29.8 Å². The molecule has 0 fully saturated rings. The first-order valence-corrected chi connectivity index (χ1v) is 9.30. The van der Waals surface area contributed by atoms with Crippen LogP contribution in [0.5, 0.6) is 11.5 Å². The molecule has 0 aliphatic heterocycles. The van der Waals surface area contributed by atoms with Crippen LogP contribution in [0.2, 0.25) is 0 Å². The zero-order chi connectivity index (χ0) is 20.5. The number of hydrogen-bond donors (Lipinski definition) is 2. The lowest BCUT2D eigenvalue weighted by Gasteiger charge is -2.22. The lowest BCUT2D eigenvalue weighted by atomic mass is 10.0. The maximum atomic E-state index is 12.6. The summed E-state index contributed by atoms with van der Waals surface area (Å²) in [7, 11) is 3.20. The van der Waals surface area contributed by atoms with Gasteiger partial charge in [0.15, 0.2) is 0 Å². The van der Waals surface area contributed by atoms with Crippen LogP contribution in [-0.2, 0) is 11.2 Å². The van der Waals surface area contributed by atoms with Crippen LogP contribution in [-0.4, -0.2) is 38.6 Å². The van der Waals surface area contributed by atoms with Gasteiger partial charge in [-0.3, -0.25) is 9.59 Å². The molecule has 1 atom stereocenters. The molecule has 0 spiro atoms. The zero-order valence-electron chi connectivity index (χ0n) is 16.8. The minimum atomic E-state index is -0.606. The summed E-state index contributed by atoms with van der Waals surface area (Å²) >= 11 is 0. The van der Waals surface area contributed by atoms with Crippen molar-refractivity contribution in [3.8, 4) is 11.5 Å². The molecule has 0 aromatic heterocycles. The van der Waals surface area contributed by atoms with Gasteiger partial charge in [-0.2, -0.15) is 0 Å². The van der Waals surface area contributed by atoms with Gasteiger partial charge in [-0.05, 0) is 54.3 Å². The van der Waals surface area contributed by atoms with Crippen LogP contribution in [0.4, 0.5) is 0 Å². The molecule has 2 aromatic carbocycles. The number of amides is 2. The summed E-state index contributed by atoms with van der Waals surface area (Å²) < 4.78 is 10.2. The van der Waals surface area contributed by atoms with Gasteiger partial charge in [0, 0.05) is 12.1 Å². The number of carbonyl (C=O) groups excluding carboxylic acids is 2. The molecule has 6 nitrogen and oxygen atoms in total. The molecule has 150 valence electrons. The van der Waals surface area contributed by atoms with E-state index in [4.69, 9.17) is 9.47 Å². The Bertz CT molecular complexity index is 770. The molecular weight excluding hydrogens is 356 g/mol. The van der Waals surface area contributed by atoms with Crippen molar-refractivity contribution in [1.29, 1.82) is 0 Å². The fourth-order valence-electron chi connectivity index (χ4n) is 2.73. The molecule has 0 bridgehead atoms. The van der Waals surface area contributed by atoms with Crippen molar-refractivity contribution >= 4 is 11.8 Å². The highest BCUT2D eigenvalue weighted by Crippen LogP contribution is 2.13. The topological polar surface area (TPSA) is 76.7 Å². The molecule has 2 rings (SSSR count). The number of ether oxygens (including phenoxy) is 2. The Hall–Kier alpha value is -3.02. The number of hydrogen-bond acceptors (Lipinski definition) is 4. The van der Waals surface area contributed by atoms with E-state index in [1.165, 1.54) is 0 Å². The highest BCUT2D eigenvalue weighted by molar-refractivity contribution is 5.97. The number of methoxy groups -OCH3 is 2. The molecule has 28 heavy (non-hydrogen) atoms. The summed E-state index contributed by atoms with van der Waals surface area (Å²) in [5.41, 5.74) is 1.59. The van der Waals surface area contributed by atoms with Gasteiger partial charge < -0.3 is 20.1 Å². The Morgan fingerprint density at radius 3 is 1.93 bits per heavy atom. The number of rotatable bonds is 9. The third-order valence-corrected chi connectivity index (χ3v) is 4.46. The normalized spacial score (nSPS) is 11.6. The Morgan fingerprint density at radius 2 is 1.43 bits per heavy atom. The summed E-state index contributed by atoms with van der Waals surface area (Å²) in [6.07, 6.45) is 0.701. The molecule has 2 N–H and O–H groups in total. The van der Waals surface area contributed by atoms with E-state index in [2.05, 4.69) is 10.6 Å². The van der Waals surface area contributed by atoms with Gasteiger partial charge in [-0.1, -0.05) is 26.0 Å². The number of benzene rings is 2. The predicted octanol–water partition coefficient (Wildman–Crippen LogP) is 2.82. The van der Waals surface area contributed by atoms with Crippen LogP contribution in [0.3, 0.4) is 0 Å². The monoisotopic (exact) mass is 384 g/mol. The second-order valence-corrected chi connectivity index (χ2v) is 6.81. The minimum Gasteiger partial charge on any atom is -0.497 e. The van der Waals surface area contributed by atoms with Crippen LogP contribution < -0.4 is 20.1 Å². The van der Waals surface area contributed by atoms with E-state index in [9.17, 15) is 9.59 Å². The van der Waals surface area contributed by atoms with Crippen molar-refractivity contribution in [2.45, 2.75) is 26.3 Å². The Labute approximate surface area is 166 Å². The predicted molar refractivity (Wildman–Crippen MR) is 109 cm³/mol. The second kappa shape index (κ2) is 10.3. The first kappa shape index (κ1) is 21.3. The van der Waals surface area contributed by atoms with E-state index in [1.807, 2.05) is 38.1 Å². The van der Waals surface area contributed by atoms with Gasteiger partial charge >= 0.3 is 0 Å². The van der Waals surface area contributed by atoms with E-state index in [-0.39, 0.29) is 17.7 Å². The van der Waals surface area contributed by atoms with Gasteiger partial charge in [0.05, 0.1) is 14.2 Å². The van der Waals surface area contributed by atoms with Crippen molar-refractivity contribution in [1.82, 2.24) is 10.6 Å². The van der Waals surface area contributed by atoms with Gasteiger partial charge in [0.2, 0.25) is 5.91 Å². The molecular formula is C22H28N2O4. The van der Waals surface area contributed by atoms with Crippen molar-refractivity contribution in [2.24, 2.45) is 5.92 Å². The Kier molecular flexibility index (Phi) is 7.87. The van der Waals surface area contributed by atoms with Crippen molar-refractivity contribution in [3.05, 3.63) is 59.7 Å². The SMILES string of the molecule is COc1ccc(CCNC(=O)[C@@H](NC(=O)c2ccc(OC)cc2)C(C)C)cc1. The van der Waals surface area contributed by atoms with E-state index in [0.717, 1.165) is 11.3 Å². The van der Waals surface area contributed by atoms with Crippen molar-refractivity contribution in [3.63, 3.8) is 0 Å². The van der Waals surface area contributed by atoms with E-state index in [0.29, 0.717) is 24.3 Å². The molecule has 0 aliphatic carbocycles. The van der Waals surface area contributed by atoms with Crippen LogP contribution in [0.25, 0.3) is 0 Å². The van der Waals surface area contributed by atoms with Gasteiger partial charge in [0.1, 0.15) is 17.5 Å². The van der Waals surface area contributed by atoms with Crippen molar-refractivity contribution < 1.29 is 19.1 Å². The first-order valence-electron chi connectivity index (χ1n) is 9.30. The zero-order valence-corrected chi connectivity index (χ0v) is 16.8. The van der Waals surface area contributed by atoms with E-state index < -0.39 is 6.04 Å². The Morgan fingerprint density at radius 1 is 0.893 bits per heavy atom. The molecule has 2 aromatic rings. The molecule has 2 amide bonds. The molecule has 0 unspecified atom stereocenters. The standard InChI is InChI=1S/C22H28N2O4/c1-15(2)20(24-21(25)17-7-11-19(28-4)12-8-17)22(26)23-14-13-16-5-9-18(27-3)10-6-16/h5-12,15,20H,13-14H2,1-4H3,(H,23,26)(H,24,25)/t20-/m0/s1. The lowest BCUT2D eigenvalue weighted by molar-refractivity contribution is -0.123. The first-order chi connectivity index (χ1) is 13.4. The Balaban J connectivity index is 1.90. The highest BCUT2D eigenvalue weighted by atomic mass is 16.5. The van der Waals surface area contributed by atoms with Gasteiger partial charge in [-0.25, -0.2) is 0 Å². The van der Waals surface area contributed by atoms with Crippen LogP contribution >= 0.6 is 0 Å².